The molecule has 2 aliphatic heterocycles. The predicted molar refractivity (Wildman–Crippen MR) is 122 cm³/mol. The second kappa shape index (κ2) is 10.5. The molecule has 2 unspecified atom stereocenters. The highest BCUT2D eigenvalue weighted by Gasteiger charge is 2.27. The van der Waals surface area contributed by atoms with Crippen LogP contribution in [0, 0.1) is 0 Å². The van der Waals surface area contributed by atoms with Crippen molar-refractivity contribution in [3.63, 3.8) is 0 Å². The summed E-state index contributed by atoms with van der Waals surface area (Å²) in [4.78, 5) is 19.9. The van der Waals surface area contributed by atoms with Gasteiger partial charge in [-0.1, -0.05) is 43.7 Å². The summed E-state index contributed by atoms with van der Waals surface area (Å²) in [7, 11) is 0. The van der Waals surface area contributed by atoms with Crippen molar-refractivity contribution in [1.82, 2.24) is 20.9 Å². The number of unbranched alkanes of at least 4 members (excludes halogenated alkanes) is 1. The Balaban J connectivity index is 1.65. The minimum absolute atomic E-state index is 0.119. The summed E-state index contributed by atoms with van der Waals surface area (Å²) in [5, 5.41) is 9.53. The summed E-state index contributed by atoms with van der Waals surface area (Å²) in [6.45, 7) is 5.87. The van der Waals surface area contributed by atoms with Crippen molar-refractivity contribution in [2.45, 2.75) is 45.4 Å². The largest absolute Gasteiger partial charge is 0.370 e. The quantitative estimate of drug-likeness (QED) is 0.385. The van der Waals surface area contributed by atoms with E-state index in [1.165, 1.54) is 5.56 Å². The minimum atomic E-state index is -0.331. The second-order valence-electron chi connectivity index (χ2n) is 7.24. The van der Waals surface area contributed by atoms with Crippen LogP contribution in [0.15, 0.2) is 50.3 Å². The van der Waals surface area contributed by atoms with Gasteiger partial charge in [0.05, 0.1) is 6.54 Å². The Morgan fingerprint density at radius 2 is 1.87 bits per heavy atom. The van der Waals surface area contributed by atoms with Gasteiger partial charge in [0, 0.05) is 13.1 Å². The van der Waals surface area contributed by atoms with E-state index in [4.69, 9.17) is 11.5 Å². The zero-order valence-corrected chi connectivity index (χ0v) is 17.7. The molecule has 3 rings (SSSR count). The Bertz CT molecular complexity index is 814. The molecule has 162 valence electrons. The number of hydrogen-bond donors (Lipinski definition) is 5. The van der Waals surface area contributed by atoms with Crippen LogP contribution in [-0.4, -0.2) is 60.7 Å². The van der Waals surface area contributed by atoms with E-state index >= 15 is 0 Å². The SMILES string of the molecule is CCCCN=C1NC(C)N=C(N)N1CC1N=C(N)NC(=NCCc2ccccc2)N1. The monoisotopic (exact) mass is 412 g/mol. The van der Waals surface area contributed by atoms with Crippen molar-refractivity contribution >= 4 is 23.8 Å². The molecule has 0 aromatic heterocycles. The third-order valence-electron chi connectivity index (χ3n) is 4.68. The zero-order chi connectivity index (χ0) is 21.3. The number of nitrogens with zero attached hydrogens (tertiary/aromatic N) is 5. The second-order valence-corrected chi connectivity index (χ2v) is 7.24. The molecule has 1 aromatic carbocycles. The fourth-order valence-electron chi connectivity index (χ4n) is 3.16. The highest BCUT2D eigenvalue weighted by atomic mass is 15.4. The summed E-state index contributed by atoms with van der Waals surface area (Å²) in [6, 6.07) is 10.2. The molecule has 2 heterocycles. The Kier molecular flexibility index (Phi) is 7.47. The molecule has 0 saturated heterocycles. The van der Waals surface area contributed by atoms with Crippen LogP contribution in [0.2, 0.25) is 0 Å². The molecular weight excluding hydrogens is 380 g/mol. The lowest BCUT2D eigenvalue weighted by Crippen LogP contribution is -2.61. The maximum atomic E-state index is 6.20. The van der Waals surface area contributed by atoms with Gasteiger partial charge in [0.25, 0.3) is 0 Å². The van der Waals surface area contributed by atoms with Gasteiger partial charge >= 0.3 is 0 Å². The maximum absolute atomic E-state index is 6.20. The van der Waals surface area contributed by atoms with E-state index in [1.54, 1.807) is 0 Å². The first-order valence-electron chi connectivity index (χ1n) is 10.4. The number of nitrogens with one attached hydrogen (secondary N) is 3. The number of rotatable bonds is 8. The molecule has 10 heteroatoms. The molecular formula is C20H32N10. The average molecular weight is 413 g/mol. The van der Waals surface area contributed by atoms with Crippen molar-refractivity contribution in [3.8, 4) is 0 Å². The summed E-state index contributed by atoms with van der Waals surface area (Å²) >= 11 is 0. The molecule has 0 fully saturated rings. The van der Waals surface area contributed by atoms with E-state index in [0.717, 1.165) is 25.8 Å². The lowest BCUT2D eigenvalue weighted by atomic mass is 10.2. The average Bonchev–Trinajstić information content (AvgIpc) is 2.71. The first kappa shape index (κ1) is 21.4. The molecule has 0 amide bonds. The lowest BCUT2D eigenvalue weighted by Gasteiger charge is -2.34. The molecule has 1 aromatic rings. The molecule has 7 N–H and O–H groups in total. The van der Waals surface area contributed by atoms with E-state index in [9.17, 15) is 0 Å². The summed E-state index contributed by atoms with van der Waals surface area (Å²) in [6.07, 6.45) is 2.49. The Hall–Kier alpha value is -3.30. The van der Waals surface area contributed by atoms with Crippen LogP contribution >= 0.6 is 0 Å². The van der Waals surface area contributed by atoms with Gasteiger partial charge in [-0.05, 0) is 25.3 Å². The van der Waals surface area contributed by atoms with Gasteiger partial charge in [0.2, 0.25) is 5.96 Å². The highest BCUT2D eigenvalue weighted by molar-refractivity contribution is 6.01. The van der Waals surface area contributed by atoms with Crippen LogP contribution in [0.25, 0.3) is 0 Å². The molecule has 2 atom stereocenters. The van der Waals surface area contributed by atoms with Gasteiger partial charge in [-0.3, -0.25) is 20.2 Å². The number of nitrogens with two attached hydrogens (primary N) is 2. The normalized spacial score (nSPS) is 24.0. The van der Waals surface area contributed by atoms with Crippen LogP contribution in [-0.2, 0) is 6.42 Å². The van der Waals surface area contributed by atoms with Crippen LogP contribution in [0.5, 0.6) is 0 Å². The maximum Gasteiger partial charge on any atom is 0.202 e. The summed E-state index contributed by atoms with van der Waals surface area (Å²) in [5.41, 5.74) is 13.4. The molecule has 10 nitrogen and oxygen atoms in total. The van der Waals surface area contributed by atoms with E-state index in [0.29, 0.717) is 36.9 Å². The molecule has 0 saturated carbocycles. The zero-order valence-electron chi connectivity index (χ0n) is 17.7. The third-order valence-corrected chi connectivity index (χ3v) is 4.68. The van der Waals surface area contributed by atoms with Crippen LogP contribution in [0.1, 0.15) is 32.3 Å². The van der Waals surface area contributed by atoms with E-state index in [1.807, 2.05) is 30.0 Å². The number of aliphatic imine (C=N–C) groups is 4. The Morgan fingerprint density at radius 3 is 2.63 bits per heavy atom. The van der Waals surface area contributed by atoms with Crippen molar-refractivity contribution in [3.05, 3.63) is 35.9 Å². The molecule has 30 heavy (non-hydrogen) atoms. The predicted octanol–water partition coefficient (Wildman–Crippen LogP) is 0.141. The first-order chi connectivity index (χ1) is 14.5. The van der Waals surface area contributed by atoms with E-state index in [-0.39, 0.29) is 12.3 Å². The fourth-order valence-corrected chi connectivity index (χ4v) is 3.16. The fraction of sp³-hybridized carbons (Fsp3) is 0.500. The molecule has 2 aliphatic rings. The highest BCUT2D eigenvalue weighted by Crippen LogP contribution is 2.06. The van der Waals surface area contributed by atoms with Gasteiger partial charge in [-0.2, -0.15) is 0 Å². The van der Waals surface area contributed by atoms with Crippen molar-refractivity contribution in [1.29, 1.82) is 0 Å². The van der Waals surface area contributed by atoms with Crippen LogP contribution in [0.4, 0.5) is 0 Å². The van der Waals surface area contributed by atoms with Gasteiger partial charge in [0.15, 0.2) is 17.9 Å². The van der Waals surface area contributed by atoms with Gasteiger partial charge in [0.1, 0.15) is 12.3 Å². The van der Waals surface area contributed by atoms with Crippen LogP contribution < -0.4 is 27.4 Å². The number of hydrogen-bond acceptors (Lipinski definition) is 6. The number of guanidine groups is 4. The molecule has 0 bridgehead atoms. The topological polar surface area (TPSA) is 141 Å². The third kappa shape index (κ3) is 6.10. The van der Waals surface area contributed by atoms with Crippen molar-refractivity contribution < 1.29 is 0 Å². The van der Waals surface area contributed by atoms with Crippen molar-refractivity contribution in [2.24, 2.45) is 31.4 Å². The van der Waals surface area contributed by atoms with Gasteiger partial charge < -0.3 is 22.1 Å². The molecule has 0 aliphatic carbocycles. The van der Waals surface area contributed by atoms with Gasteiger partial charge in [-0.15, -0.1) is 0 Å². The van der Waals surface area contributed by atoms with E-state index in [2.05, 4.69) is 55.0 Å². The molecule has 0 radical (unpaired) electrons. The molecule has 0 spiro atoms. The lowest BCUT2D eigenvalue weighted by molar-refractivity contribution is 0.443. The smallest absolute Gasteiger partial charge is 0.202 e. The number of benzene rings is 1. The standard InChI is InChI=1S/C20H32N10/c1-3-4-11-24-20-26-14(2)25-18(22)30(20)13-16-27-17(21)29-19(28-16)23-12-10-15-8-6-5-7-9-15/h5-9,14,16H,3-4,10-13H2,1-2H3,(H2,22,25)(H,24,26)(H4,21,23,27,28,29). The Labute approximate surface area is 177 Å². The Morgan fingerprint density at radius 1 is 1.07 bits per heavy atom. The van der Waals surface area contributed by atoms with E-state index < -0.39 is 0 Å². The minimum Gasteiger partial charge on any atom is -0.370 e. The first-order valence-corrected chi connectivity index (χ1v) is 10.4. The van der Waals surface area contributed by atoms with Crippen LogP contribution in [0.3, 0.4) is 0 Å². The summed E-state index contributed by atoms with van der Waals surface area (Å²) in [5.74, 6) is 2.03. The van der Waals surface area contributed by atoms with Gasteiger partial charge in [-0.25, -0.2) is 9.98 Å². The van der Waals surface area contributed by atoms with Crippen molar-refractivity contribution in [2.75, 3.05) is 19.6 Å². The summed E-state index contributed by atoms with van der Waals surface area (Å²) < 4.78 is 0.